The van der Waals surface area contributed by atoms with Gasteiger partial charge in [-0.2, -0.15) is 0 Å². The third-order valence-corrected chi connectivity index (χ3v) is 3.34. The lowest BCUT2D eigenvalue weighted by Gasteiger charge is -2.13. The average molecular weight is 267 g/mol. The van der Waals surface area contributed by atoms with E-state index in [0.717, 1.165) is 11.6 Å². The average Bonchev–Trinajstić information content (AvgIpc) is 3.10. The molecule has 0 spiro atoms. The zero-order valence-electron chi connectivity index (χ0n) is 10.6. The number of hydrogen-bond donors (Lipinski definition) is 2. The Bertz CT molecular complexity index is 418. The van der Waals surface area contributed by atoms with Crippen molar-refractivity contribution >= 4 is 23.2 Å². The number of carbonyl (C=O) groups excluding carboxylic acids is 1. The van der Waals surface area contributed by atoms with Crippen molar-refractivity contribution < 1.29 is 4.79 Å². The van der Waals surface area contributed by atoms with Crippen LogP contribution in [-0.2, 0) is 4.79 Å². The van der Waals surface area contributed by atoms with Gasteiger partial charge in [0.25, 0.3) is 0 Å². The van der Waals surface area contributed by atoms with Gasteiger partial charge < -0.3 is 10.6 Å². The van der Waals surface area contributed by atoms with Crippen molar-refractivity contribution in [1.29, 1.82) is 0 Å². The van der Waals surface area contributed by atoms with Crippen LogP contribution >= 0.6 is 11.6 Å². The van der Waals surface area contributed by atoms with Crippen LogP contribution in [0.25, 0.3) is 0 Å². The molecule has 0 saturated heterocycles. The van der Waals surface area contributed by atoms with Gasteiger partial charge in [-0.05, 0) is 37.5 Å². The van der Waals surface area contributed by atoms with E-state index in [4.69, 9.17) is 11.6 Å². The minimum absolute atomic E-state index is 0.0279. The molecule has 1 amide bonds. The third-order valence-electron chi connectivity index (χ3n) is 3.10. The molecule has 4 heteroatoms. The quantitative estimate of drug-likeness (QED) is 0.831. The van der Waals surface area contributed by atoms with Crippen LogP contribution in [0.2, 0.25) is 5.02 Å². The molecule has 0 aromatic heterocycles. The van der Waals surface area contributed by atoms with Gasteiger partial charge in [0.05, 0.1) is 6.54 Å². The van der Waals surface area contributed by atoms with Gasteiger partial charge in [-0.15, -0.1) is 0 Å². The summed E-state index contributed by atoms with van der Waals surface area (Å²) >= 11 is 5.85. The van der Waals surface area contributed by atoms with Gasteiger partial charge in [-0.3, -0.25) is 4.79 Å². The number of nitrogens with one attached hydrogen (secondary N) is 2. The first kappa shape index (κ1) is 13.4. The van der Waals surface area contributed by atoms with Crippen LogP contribution in [0.5, 0.6) is 0 Å². The lowest BCUT2D eigenvalue weighted by Crippen LogP contribution is -2.34. The van der Waals surface area contributed by atoms with Gasteiger partial charge in [-0.1, -0.05) is 30.5 Å². The third kappa shape index (κ3) is 4.67. The van der Waals surface area contributed by atoms with Gasteiger partial charge in [0.1, 0.15) is 0 Å². The van der Waals surface area contributed by atoms with Crippen LogP contribution in [0.3, 0.4) is 0 Å². The van der Waals surface area contributed by atoms with E-state index in [1.807, 2.05) is 12.1 Å². The minimum Gasteiger partial charge on any atom is -0.325 e. The predicted molar refractivity (Wildman–Crippen MR) is 74.9 cm³/mol. The van der Waals surface area contributed by atoms with E-state index in [9.17, 15) is 4.79 Å². The van der Waals surface area contributed by atoms with Crippen molar-refractivity contribution in [3.05, 3.63) is 29.3 Å². The molecule has 1 saturated carbocycles. The van der Waals surface area contributed by atoms with Gasteiger partial charge in [0.15, 0.2) is 0 Å². The summed E-state index contributed by atoms with van der Waals surface area (Å²) in [5.74, 6) is 0.850. The number of halogens is 1. The Morgan fingerprint density at radius 2 is 2.28 bits per heavy atom. The summed E-state index contributed by atoms with van der Waals surface area (Å²) < 4.78 is 0. The molecule has 1 fully saturated rings. The molecule has 0 aliphatic heterocycles. The van der Waals surface area contributed by atoms with Crippen molar-refractivity contribution in [3.8, 4) is 0 Å². The Morgan fingerprint density at radius 3 is 2.94 bits per heavy atom. The summed E-state index contributed by atoms with van der Waals surface area (Å²) in [5.41, 5.74) is 0.740. The number of amides is 1. The van der Waals surface area contributed by atoms with Gasteiger partial charge in [0, 0.05) is 16.8 Å². The number of rotatable bonds is 6. The Hall–Kier alpha value is -1.06. The first-order valence-electron chi connectivity index (χ1n) is 6.42. The van der Waals surface area contributed by atoms with Crippen LogP contribution in [0, 0.1) is 5.92 Å². The van der Waals surface area contributed by atoms with E-state index >= 15 is 0 Å². The maximum atomic E-state index is 11.7. The van der Waals surface area contributed by atoms with Crippen LogP contribution in [-0.4, -0.2) is 18.5 Å². The molecule has 18 heavy (non-hydrogen) atoms. The summed E-state index contributed by atoms with van der Waals surface area (Å²) in [6, 6.07) is 7.58. The molecular formula is C14H19ClN2O. The largest absolute Gasteiger partial charge is 0.325 e. The molecule has 1 aliphatic rings. The normalized spacial score (nSPS) is 16.3. The fraction of sp³-hybridized carbons (Fsp3) is 0.500. The molecule has 0 heterocycles. The van der Waals surface area contributed by atoms with Crippen molar-refractivity contribution in [1.82, 2.24) is 5.32 Å². The SMILES string of the molecule is CC(CC1CC1)NCC(=O)Nc1cccc(Cl)c1. The van der Waals surface area contributed by atoms with Crippen LogP contribution in [0.1, 0.15) is 26.2 Å². The smallest absolute Gasteiger partial charge is 0.238 e. The molecule has 1 atom stereocenters. The Morgan fingerprint density at radius 1 is 1.50 bits per heavy atom. The summed E-state index contributed by atoms with van der Waals surface area (Å²) in [6.07, 6.45) is 3.87. The summed E-state index contributed by atoms with van der Waals surface area (Å²) in [6.45, 7) is 2.48. The zero-order valence-corrected chi connectivity index (χ0v) is 11.3. The van der Waals surface area contributed by atoms with Crippen molar-refractivity contribution in [3.63, 3.8) is 0 Å². The standard InChI is InChI=1S/C14H19ClN2O/c1-10(7-11-5-6-11)16-9-14(18)17-13-4-2-3-12(15)8-13/h2-4,8,10-11,16H,5-7,9H2,1H3,(H,17,18). The second-order valence-corrected chi connectivity index (χ2v) is 5.46. The molecule has 2 rings (SSSR count). The van der Waals surface area contributed by atoms with Gasteiger partial charge >= 0.3 is 0 Å². The highest BCUT2D eigenvalue weighted by atomic mass is 35.5. The highest BCUT2D eigenvalue weighted by Gasteiger charge is 2.23. The van der Waals surface area contributed by atoms with E-state index in [2.05, 4.69) is 17.6 Å². The van der Waals surface area contributed by atoms with E-state index in [1.165, 1.54) is 19.3 Å². The maximum Gasteiger partial charge on any atom is 0.238 e. The van der Waals surface area contributed by atoms with E-state index < -0.39 is 0 Å². The lowest BCUT2D eigenvalue weighted by atomic mass is 10.1. The molecular weight excluding hydrogens is 248 g/mol. The first-order valence-corrected chi connectivity index (χ1v) is 6.80. The molecule has 0 radical (unpaired) electrons. The topological polar surface area (TPSA) is 41.1 Å². The summed E-state index contributed by atoms with van der Waals surface area (Å²) in [4.78, 5) is 11.7. The van der Waals surface area contributed by atoms with E-state index in [0.29, 0.717) is 17.6 Å². The number of benzene rings is 1. The van der Waals surface area contributed by atoms with Gasteiger partial charge in [-0.25, -0.2) is 0 Å². The summed E-state index contributed by atoms with van der Waals surface area (Å²) in [5, 5.41) is 6.69. The van der Waals surface area contributed by atoms with Crippen LogP contribution < -0.4 is 10.6 Å². The number of carbonyl (C=O) groups is 1. The van der Waals surface area contributed by atoms with Gasteiger partial charge in [0.2, 0.25) is 5.91 Å². The van der Waals surface area contributed by atoms with Crippen molar-refractivity contribution in [2.24, 2.45) is 5.92 Å². The summed E-state index contributed by atoms with van der Waals surface area (Å²) in [7, 11) is 0. The minimum atomic E-state index is -0.0279. The molecule has 0 bridgehead atoms. The lowest BCUT2D eigenvalue weighted by molar-refractivity contribution is -0.115. The van der Waals surface area contributed by atoms with E-state index in [1.54, 1.807) is 12.1 Å². The first-order chi connectivity index (χ1) is 8.63. The molecule has 1 aromatic rings. The fourth-order valence-electron chi connectivity index (χ4n) is 1.98. The Kier molecular flexibility index (Phi) is 4.61. The molecule has 1 unspecified atom stereocenters. The zero-order chi connectivity index (χ0) is 13.0. The molecule has 3 nitrogen and oxygen atoms in total. The highest BCUT2D eigenvalue weighted by Crippen LogP contribution is 2.33. The van der Waals surface area contributed by atoms with Crippen molar-refractivity contribution in [2.75, 3.05) is 11.9 Å². The number of anilines is 1. The fourth-order valence-corrected chi connectivity index (χ4v) is 2.17. The molecule has 98 valence electrons. The van der Waals surface area contributed by atoms with Crippen LogP contribution in [0.4, 0.5) is 5.69 Å². The molecule has 1 aliphatic carbocycles. The number of hydrogen-bond acceptors (Lipinski definition) is 2. The Labute approximate surface area is 113 Å². The van der Waals surface area contributed by atoms with Crippen molar-refractivity contribution in [2.45, 2.75) is 32.2 Å². The molecule has 2 N–H and O–H groups in total. The Balaban J connectivity index is 1.71. The predicted octanol–water partition coefficient (Wildman–Crippen LogP) is 3.06. The van der Waals surface area contributed by atoms with Crippen LogP contribution in [0.15, 0.2) is 24.3 Å². The molecule has 1 aromatic carbocycles. The monoisotopic (exact) mass is 266 g/mol. The second-order valence-electron chi connectivity index (χ2n) is 5.02. The highest BCUT2D eigenvalue weighted by molar-refractivity contribution is 6.30. The maximum absolute atomic E-state index is 11.7. The second kappa shape index (κ2) is 6.21. The van der Waals surface area contributed by atoms with E-state index in [-0.39, 0.29) is 5.91 Å².